The number of non-ortho nitro benzene ring substituents is 1. The first-order valence-electron chi connectivity index (χ1n) is 6.17. The van der Waals surface area contributed by atoms with Crippen molar-refractivity contribution in [2.24, 2.45) is 0 Å². The third kappa shape index (κ3) is 1.28. The summed E-state index contributed by atoms with van der Waals surface area (Å²) in [4.78, 5) is 10.7. The average molecular weight is 265 g/mol. The summed E-state index contributed by atoms with van der Waals surface area (Å²) >= 11 is 0. The average Bonchev–Trinajstić information content (AvgIpc) is 2.46. The van der Waals surface area contributed by atoms with E-state index >= 15 is 0 Å². The van der Waals surface area contributed by atoms with Crippen LogP contribution in [0.2, 0.25) is 0 Å². The van der Waals surface area contributed by atoms with E-state index in [0.717, 1.165) is 21.5 Å². The molecule has 4 heteroatoms. The SMILES string of the molecule is O=[N+]([O-])c1ccc2ccc3ccc(F)c4ccc1c2c34. The molecule has 0 saturated carbocycles. The molecular formula is C16H8FNO2. The molecule has 0 spiro atoms. The number of nitro groups is 1. The predicted molar refractivity (Wildman–Crippen MR) is 76.8 cm³/mol. The van der Waals surface area contributed by atoms with Gasteiger partial charge in [-0.15, -0.1) is 0 Å². The van der Waals surface area contributed by atoms with Crippen LogP contribution < -0.4 is 0 Å². The maximum Gasteiger partial charge on any atom is 0.277 e. The highest BCUT2D eigenvalue weighted by atomic mass is 19.1. The number of nitrogens with zero attached hydrogens (tertiary/aromatic N) is 1. The molecule has 0 radical (unpaired) electrons. The first kappa shape index (κ1) is 11.1. The van der Waals surface area contributed by atoms with Crippen LogP contribution in [0.5, 0.6) is 0 Å². The second-order valence-electron chi connectivity index (χ2n) is 4.81. The van der Waals surface area contributed by atoms with E-state index in [1.807, 2.05) is 12.1 Å². The molecule has 4 aromatic rings. The summed E-state index contributed by atoms with van der Waals surface area (Å²) in [5.41, 5.74) is 0.0520. The first-order chi connectivity index (χ1) is 9.66. The van der Waals surface area contributed by atoms with Gasteiger partial charge >= 0.3 is 0 Å². The third-order valence-corrected chi connectivity index (χ3v) is 3.79. The van der Waals surface area contributed by atoms with Crippen molar-refractivity contribution in [2.75, 3.05) is 0 Å². The quantitative estimate of drug-likeness (QED) is 0.286. The van der Waals surface area contributed by atoms with E-state index in [1.54, 1.807) is 24.3 Å². The molecule has 0 unspecified atom stereocenters. The zero-order valence-electron chi connectivity index (χ0n) is 10.3. The molecule has 0 amide bonds. The molecule has 96 valence electrons. The Morgan fingerprint density at radius 2 is 1.35 bits per heavy atom. The van der Waals surface area contributed by atoms with Gasteiger partial charge in [-0.1, -0.05) is 24.3 Å². The van der Waals surface area contributed by atoms with Gasteiger partial charge in [0.15, 0.2) is 0 Å². The van der Waals surface area contributed by atoms with Gasteiger partial charge in [0.25, 0.3) is 5.69 Å². The Morgan fingerprint density at radius 3 is 2.05 bits per heavy atom. The fourth-order valence-corrected chi connectivity index (χ4v) is 2.91. The highest BCUT2D eigenvalue weighted by molar-refractivity contribution is 6.24. The summed E-state index contributed by atoms with van der Waals surface area (Å²) in [6.45, 7) is 0. The molecule has 4 aromatic carbocycles. The lowest BCUT2D eigenvalue weighted by molar-refractivity contribution is -0.383. The molecule has 0 aliphatic rings. The number of rotatable bonds is 1. The minimum Gasteiger partial charge on any atom is -0.258 e. The molecule has 4 rings (SSSR count). The smallest absolute Gasteiger partial charge is 0.258 e. The van der Waals surface area contributed by atoms with E-state index in [1.165, 1.54) is 12.1 Å². The van der Waals surface area contributed by atoms with Gasteiger partial charge in [-0.3, -0.25) is 10.1 Å². The summed E-state index contributed by atoms with van der Waals surface area (Å²) in [7, 11) is 0. The molecule has 0 aliphatic carbocycles. The van der Waals surface area contributed by atoms with Gasteiger partial charge in [0.2, 0.25) is 0 Å². The van der Waals surface area contributed by atoms with Crippen LogP contribution in [-0.4, -0.2) is 4.92 Å². The summed E-state index contributed by atoms with van der Waals surface area (Å²) in [5.74, 6) is -0.307. The molecule has 20 heavy (non-hydrogen) atoms. The van der Waals surface area contributed by atoms with E-state index < -0.39 is 4.92 Å². The Kier molecular flexibility index (Phi) is 2.02. The minimum absolute atomic E-state index is 0.0520. The van der Waals surface area contributed by atoms with Crippen LogP contribution >= 0.6 is 0 Å². The van der Waals surface area contributed by atoms with Crippen molar-refractivity contribution in [1.29, 1.82) is 0 Å². The van der Waals surface area contributed by atoms with Gasteiger partial charge in [0.05, 0.1) is 10.3 Å². The normalized spacial score (nSPS) is 11.7. The van der Waals surface area contributed by atoms with Crippen LogP contribution in [-0.2, 0) is 0 Å². The van der Waals surface area contributed by atoms with Crippen molar-refractivity contribution in [3.63, 3.8) is 0 Å². The van der Waals surface area contributed by atoms with Crippen molar-refractivity contribution in [1.82, 2.24) is 0 Å². The molecule has 0 aliphatic heterocycles. The number of benzene rings is 4. The fraction of sp³-hybridized carbons (Fsp3) is 0. The highest BCUT2D eigenvalue weighted by Crippen LogP contribution is 2.38. The standard InChI is InChI=1S/C16H8FNO2/c17-13-7-3-9-1-2-10-4-8-14(18(19)20)12-6-5-11(13)15(9)16(10)12/h1-8H. The van der Waals surface area contributed by atoms with Gasteiger partial charge in [0, 0.05) is 22.2 Å². The first-order valence-corrected chi connectivity index (χ1v) is 6.17. The Morgan fingerprint density at radius 1 is 0.800 bits per heavy atom. The van der Waals surface area contributed by atoms with Crippen molar-refractivity contribution in [3.8, 4) is 0 Å². The van der Waals surface area contributed by atoms with Crippen LogP contribution in [0.3, 0.4) is 0 Å². The Bertz CT molecular complexity index is 994. The molecule has 0 saturated heterocycles. The number of hydrogen-bond acceptors (Lipinski definition) is 2. The number of nitro benzene ring substituents is 1. The molecular weight excluding hydrogens is 257 g/mol. The van der Waals surface area contributed by atoms with Crippen molar-refractivity contribution < 1.29 is 9.31 Å². The second-order valence-corrected chi connectivity index (χ2v) is 4.81. The summed E-state index contributed by atoms with van der Waals surface area (Å²) in [6, 6.07) is 13.4. The lowest BCUT2D eigenvalue weighted by atomic mass is 9.93. The predicted octanol–water partition coefficient (Wildman–Crippen LogP) is 4.63. The van der Waals surface area contributed by atoms with E-state index in [-0.39, 0.29) is 11.5 Å². The topological polar surface area (TPSA) is 43.1 Å². The molecule has 0 fully saturated rings. The van der Waals surface area contributed by atoms with Gasteiger partial charge in [0.1, 0.15) is 5.82 Å². The monoisotopic (exact) mass is 265 g/mol. The Labute approximate surface area is 112 Å². The van der Waals surface area contributed by atoms with Crippen molar-refractivity contribution in [3.05, 3.63) is 64.5 Å². The van der Waals surface area contributed by atoms with Gasteiger partial charge in [-0.25, -0.2) is 4.39 Å². The van der Waals surface area contributed by atoms with Crippen LogP contribution in [0.15, 0.2) is 48.5 Å². The lowest BCUT2D eigenvalue weighted by Crippen LogP contribution is -1.92. The summed E-state index contributed by atoms with van der Waals surface area (Å²) in [6.07, 6.45) is 0. The molecule has 0 N–H and O–H groups in total. The Hall–Kier alpha value is -2.75. The zero-order chi connectivity index (χ0) is 13.9. The van der Waals surface area contributed by atoms with E-state index in [9.17, 15) is 14.5 Å². The maximum atomic E-state index is 14.0. The van der Waals surface area contributed by atoms with Crippen LogP contribution in [0.4, 0.5) is 10.1 Å². The summed E-state index contributed by atoms with van der Waals surface area (Å²) in [5, 5.41) is 15.5. The van der Waals surface area contributed by atoms with Crippen LogP contribution in [0.1, 0.15) is 0 Å². The molecule has 0 bridgehead atoms. The van der Waals surface area contributed by atoms with Crippen molar-refractivity contribution >= 4 is 38.0 Å². The van der Waals surface area contributed by atoms with E-state index in [2.05, 4.69) is 0 Å². The molecule has 0 heterocycles. The highest BCUT2D eigenvalue weighted by Gasteiger charge is 2.17. The number of halogens is 1. The number of hydrogen-bond donors (Lipinski definition) is 0. The Balaban J connectivity index is 2.38. The van der Waals surface area contributed by atoms with Crippen LogP contribution in [0, 0.1) is 15.9 Å². The minimum atomic E-state index is -0.401. The lowest BCUT2D eigenvalue weighted by Gasteiger charge is -2.11. The molecule has 3 nitrogen and oxygen atoms in total. The molecule has 0 atom stereocenters. The van der Waals surface area contributed by atoms with E-state index in [4.69, 9.17) is 0 Å². The van der Waals surface area contributed by atoms with Gasteiger partial charge in [-0.2, -0.15) is 0 Å². The maximum absolute atomic E-state index is 14.0. The van der Waals surface area contributed by atoms with Gasteiger partial charge in [-0.05, 0) is 29.0 Å². The van der Waals surface area contributed by atoms with Gasteiger partial charge < -0.3 is 0 Å². The largest absolute Gasteiger partial charge is 0.277 e. The van der Waals surface area contributed by atoms with E-state index in [0.29, 0.717) is 10.8 Å². The zero-order valence-corrected chi connectivity index (χ0v) is 10.3. The second kappa shape index (κ2) is 3.63. The summed E-state index contributed by atoms with van der Waals surface area (Å²) < 4.78 is 14.0. The van der Waals surface area contributed by atoms with Crippen molar-refractivity contribution in [2.45, 2.75) is 0 Å². The molecule has 0 aromatic heterocycles. The fourth-order valence-electron chi connectivity index (χ4n) is 2.91. The van der Waals surface area contributed by atoms with Crippen LogP contribution in [0.25, 0.3) is 32.3 Å². The third-order valence-electron chi connectivity index (χ3n) is 3.79.